The van der Waals surface area contributed by atoms with Gasteiger partial charge in [0.15, 0.2) is 5.69 Å². The van der Waals surface area contributed by atoms with Crippen molar-refractivity contribution in [3.63, 3.8) is 0 Å². The molecule has 0 radical (unpaired) electrons. The van der Waals surface area contributed by atoms with Crippen LogP contribution in [0.2, 0.25) is 10.0 Å². The second-order valence-electron chi connectivity index (χ2n) is 19.8. The molecule has 0 spiro atoms. The Hall–Kier alpha value is -5.11. The van der Waals surface area contributed by atoms with Crippen LogP contribution in [0.3, 0.4) is 0 Å². The molecular weight excluding hydrogens is 1060 g/mol. The van der Waals surface area contributed by atoms with Crippen LogP contribution in [0.15, 0.2) is 54.2 Å². The maximum Gasteiger partial charge on any atom is 0.274 e. The van der Waals surface area contributed by atoms with Crippen molar-refractivity contribution in [2.24, 2.45) is 5.41 Å². The summed E-state index contributed by atoms with van der Waals surface area (Å²) in [5, 5.41) is 33.3. The topological polar surface area (TPSA) is 258 Å². The summed E-state index contributed by atoms with van der Waals surface area (Å²) in [6, 6.07) is 11.8. The number of aromatic nitrogens is 3. The third-order valence-electron chi connectivity index (χ3n) is 12.7. The number of hydrogen-bond acceptors (Lipinski definition) is 16. The maximum absolute atomic E-state index is 13.9. The number of piperidine rings is 1. The number of aliphatic hydroxyl groups is 1. The molecule has 0 aliphatic carbocycles. The van der Waals surface area contributed by atoms with E-state index in [1.54, 1.807) is 34.4 Å². The highest BCUT2D eigenvalue weighted by molar-refractivity contribution is 7.13. The number of hydrogen-bond donors (Lipinski definition) is 7. The van der Waals surface area contributed by atoms with E-state index < -0.39 is 29.4 Å². The van der Waals surface area contributed by atoms with Crippen molar-refractivity contribution in [1.82, 2.24) is 46.2 Å². The van der Waals surface area contributed by atoms with Crippen molar-refractivity contribution in [3.05, 3.63) is 86.7 Å². The summed E-state index contributed by atoms with van der Waals surface area (Å²) in [6.07, 6.45) is 2.92. The van der Waals surface area contributed by atoms with Crippen molar-refractivity contribution in [3.8, 4) is 10.4 Å². The van der Waals surface area contributed by atoms with Crippen molar-refractivity contribution < 1.29 is 52.8 Å². The Morgan fingerprint density at radius 1 is 0.857 bits per heavy atom. The molecular formula is C53H74Cl2N10O11S. The minimum atomic E-state index is -0.820. The largest absolute Gasteiger partial charge is 0.391 e. The van der Waals surface area contributed by atoms with Gasteiger partial charge in [0.1, 0.15) is 6.04 Å². The van der Waals surface area contributed by atoms with Gasteiger partial charge in [-0.05, 0) is 68.0 Å². The minimum Gasteiger partial charge on any atom is -0.391 e. The SMILES string of the molecule is Cc1ncsc1-c1ccc(CNCOC[C@@H]2C[C@@H](O)CN2C(=O)[C@@H](NC(=O)CCOCCOCCOCCOCCC(=O)NCCn2cc(NC(=O)c3c(Cl)cccc3Cl)c(C(=O)NC3CCNCC3)n2)C(C)(C)C)cc1. The molecule has 0 unspecified atom stereocenters. The highest BCUT2D eigenvalue weighted by Crippen LogP contribution is 2.29. The van der Waals surface area contributed by atoms with Gasteiger partial charge < -0.3 is 60.3 Å². The summed E-state index contributed by atoms with van der Waals surface area (Å²) in [7, 11) is 0. The predicted molar refractivity (Wildman–Crippen MR) is 293 cm³/mol. The average Bonchev–Trinajstić information content (AvgIpc) is 4.13. The number of thiazole rings is 1. The fourth-order valence-electron chi connectivity index (χ4n) is 8.59. The number of likely N-dealkylation sites (tertiary alicyclic amines) is 1. The van der Waals surface area contributed by atoms with E-state index in [2.05, 4.69) is 66.2 Å². The Labute approximate surface area is 464 Å². The van der Waals surface area contributed by atoms with Gasteiger partial charge in [-0.15, -0.1) is 11.3 Å². The first-order valence-electron chi connectivity index (χ1n) is 26.0. The Morgan fingerprint density at radius 2 is 1.49 bits per heavy atom. The number of nitrogens with zero attached hydrogens (tertiary/aromatic N) is 4. The number of anilines is 1. The second kappa shape index (κ2) is 31.5. The van der Waals surface area contributed by atoms with E-state index in [9.17, 15) is 29.1 Å². The average molecular weight is 1130 g/mol. The number of aliphatic hydroxyl groups excluding tert-OH is 1. The smallest absolute Gasteiger partial charge is 0.274 e. The van der Waals surface area contributed by atoms with E-state index >= 15 is 0 Å². The molecule has 2 aliphatic rings. The monoisotopic (exact) mass is 1130 g/mol. The Bertz CT molecular complexity index is 2500. The van der Waals surface area contributed by atoms with Crippen molar-refractivity contribution in [2.45, 2.75) is 97.1 Å². The first kappa shape index (κ1) is 61.1. The van der Waals surface area contributed by atoms with Gasteiger partial charge in [-0.1, -0.05) is 74.3 Å². The van der Waals surface area contributed by atoms with Crippen LogP contribution in [-0.2, 0) is 51.2 Å². The van der Waals surface area contributed by atoms with E-state index in [1.807, 2.05) is 33.2 Å². The molecule has 3 atom stereocenters. The van der Waals surface area contributed by atoms with Gasteiger partial charge in [0.2, 0.25) is 17.7 Å². The van der Waals surface area contributed by atoms with E-state index in [-0.39, 0.29) is 129 Å². The highest BCUT2D eigenvalue weighted by Gasteiger charge is 2.42. The van der Waals surface area contributed by atoms with Gasteiger partial charge in [0.25, 0.3) is 11.8 Å². The fraction of sp³-hybridized carbons (Fsp3) is 0.566. The Morgan fingerprint density at radius 3 is 2.12 bits per heavy atom. The van der Waals surface area contributed by atoms with Crippen molar-refractivity contribution in [1.29, 1.82) is 0 Å². The number of β-amino-alcohol motifs (C(OH)–C–C–N with tert-alkyl or cyclic N) is 1. The molecule has 21 nitrogen and oxygen atoms in total. The van der Waals surface area contributed by atoms with E-state index in [4.69, 9.17) is 46.9 Å². The van der Waals surface area contributed by atoms with Crippen LogP contribution >= 0.6 is 34.5 Å². The molecule has 0 saturated carbocycles. The lowest BCUT2D eigenvalue weighted by atomic mass is 9.85. The lowest BCUT2D eigenvalue weighted by molar-refractivity contribution is -0.141. The third kappa shape index (κ3) is 19.9. The van der Waals surface area contributed by atoms with Crippen LogP contribution in [0.25, 0.3) is 10.4 Å². The number of carbonyl (C=O) groups is 5. The third-order valence-corrected chi connectivity index (χ3v) is 14.3. The quantitative estimate of drug-likeness (QED) is 0.0269. The summed E-state index contributed by atoms with van der Waals surface area (Å²) < 4.78 is 29.7. The molecule has 0 bridgehead atoms. The van der Waals surface area contributed by atoms with Gasteiger partial charge in [-0.2, -0.15) is 5.10 Å². The van der Waals surface area contributed by atoms with Gasteiger partial charge in [-0.25, -0.2) is 4.98 Å². The molecule has 77 heavy (non-hydrogen) atoms. The normalized spacial score (nSPS) is 16.3. The summed E-state index contributed by atoms with van der Waals surface area (Å²) in [4.78, 5) is 73.1. The molecule has 422 valence electrons. The zero-order valence-corrected chi connectivity index (χ0v) is 46.7. The number of benzene rings is 2. The molecule has 5 amide bonds. The Kier molecular flexibility index (Phi) is 25.0. The van der Waals surface area contributed by atoms with Gasteiger partial charge in [-0.3, -0.25) is 34.0 Å². The standard InChI is InChI=1S/C53H74Cl2N10O11S/c1-35-48(77-34-59-35)37-10-8-36(9-11-37)29-57-33-76-32-39-28-40(66)30-65(39)52(71)49(53(2,3)4)62-45(68)15-21-73-23-25-75-27-26-74-24-22-72-20-14-44(67)58-18-19-64-31-43(61-50(69)46-41(54)6-5-7-42(46)55)47(63-64)51(70)60-38-12-16-56-17-13-38/h5-11,31,34,38-40,49,56-57,66H,12-30,32-33H2,1-4H3,(H,58,67)(H,60,70)(H,61,69)(H,62,68)/t39-,40+,49+/m0/s1. The number of ether oxygens (including phenoxy) is 5. The summed E-state index contributed by atoms with van der Waals surface area (Å²) in [5.74, 6) is -1.85. The lowest BCUT2D eigenvalue weighted by Crippen LogP contribution is -2.56. The van der Waals surface area contributed by atoms with Gasteiger partial charge >= 0.3 is 0 Å². The molecule has 2 aromatic carbocycles. The van der Waals surface area contributed by atoms with Crippen LogP contribution in [0, 0.1) is 12.3 Å². The molecule has 24 heteroatoms. The first-order chi connectivity index (χ1) is 37.1. The number of rotatable bonds is 31. The predicted octanol–water partition coefficient (Wildman–Crippen LogP) is 4.58. The van der Waals surface area contributed by atoms with Crippen LogP contribution in [0.5, 0.6) is 0 Å². The summed E-state index contributed by atoms with van der Waals surface area (Å²) >= 11 is 14.1. The summed E-state index contributed by atoms with van der Waals surface area (Å²) in [5.41, 5.74) is 4.78. The molecule has 2 aliphatic heterocycles. The Balaban J connectivity index is 0.777. The second-order valence-corrected chi connectivity index (χ2v) is 21.5. The number of halogens is 2. The van der Waals surface area contributed by atoms with E-state index in [1.165, 1.54) is 10.9 Å². The zero-order chi connectivity index (χ0) is 55.2. The van der Waals surface area contributed by atoms with Gasteiger partial charge in [0, 0.05) is 44.7 Å². The number of amides is 5. The van der Waals surface area contributed by atoms with Gasteiger partial charge in [0.05, 0.1) is 122 Å². The van der Waals surface area contributed by atoms with E-state index in [0.29, 0.717) is 39.4 Å². The molecule has 2 saturated heterocycles. The molecule has 2 fully saturated rings. The molecule has 4 aromatic rings. The lowest BCUT2D eigenvalue weighted by Gasteiger charge is -2.35. The number of nitrogens with one attached hydrogen (secondary N) is 6. The van der Waals surface area contributed by atoms with Crippen molar-refractivity contribution in [2.75, 3.05) is 97.7 Å². The fourth-order valence-corrected chi connectivity index (χ4v) is 9.97. The number of carbonyl (C=O) groups excluding carboxylic acids is 5. The molecule has 7 N–H and O–H groups in total. The minimum absolute atomic E-state index is 0.0267. The summed E-state index contributed by atoms with van der Waals surface area (Å²) in [6.45, 7) is 13.1. The van der Waals surface area contributed by atoms with Crippen LogP contribution in [-0.4, -0.2) is 171 Å². The molecule has 6 rings (SSSR count). The highest BCUT2D eigenvalue weighted by atomic mass is 35.5. The number of aryl methyl sites for hydroxylation is 1. The molecule has 2 aromatic heterocycles. The van der Waals surface area contributed by atoms with E-state index in [0.717, 1.165) is 47.6 Å². The van der Waals surface area contributed by atoms with Crippen molar-refractivity contribution >= 4 is 69.8 Å². The molecule has 4 heterocycles. The van der Waals surface area contributed by atoms with Crippen LogP contribution in [0.1, 0.15) is 85.0 Å². The maximum atomic E-state index is 13.9. The van der Waals surface area contributed by atoms with Crippen LogP contribution in [0.4, 0.5) is 5.69 Å². The van der Waals surface area contributed by atoms with Crippen LogP contribution < -0.4 is 31.9 Å². The zero-order valence-electron chi connectivity index (χ0n) is 44.3. The first-order valence-corrected chi connectivity index (χ1v) is 27.7.